The summed E-state index contributed by atoms with van der Waals surface area (Å²) in [7, 11) is 0. The van der Waals surface area contributed by atoms with Crippen molar-refractivity contribution in [1.82, 2.24) is 96.1 Å². The van der Waals surface area contributed by atoms with Gasteiger partial charge in [-0.05, 0) is 200 Å². The van der Waals surface area contributed by atoms with Crippen LogP contribution in [0.25, 0.3) is 123 Å². The third-order valence-electron chi connectivity index (χ3n) is 20.3. The van der Waals surface area contributed by atoms with Gasteiger partial charge in [0.15, 0.2) is 0 Å². The molecule has 0 saturated heterocycles. The van der Waals surface area contributed by atoms with E-state index in [1.807, 2.05) is 148 Å². The van der Waals surface area contributed by atoms with Gasteiger partial charge in [0, 0.05) is 87.5 Å². The molecule has 668 valence electrons. The Hall–Kier alpha value is -11.6. The number of rotatable bonds is 12. The van der Waals surface area contributed by atoms with Crippen LogP contribution in [0.15, 0.2) is 225 Å². The first kappa shape index (κ1) is 100. The summed E-state index contributed by atoms with van der Waals surface area (Å²) in [6, 6.07) is 58.2. The minimum Gasteiger partial charge on any atom is -0.574 e. The number of hydrogen-bond donors (Lipinski definition) is 0. The van der Waals surface area contributed by atoms with Gasteiger partial charge in [-0.25, -0.2) is 0 Å². The van der Waals surface area contributed by atoms with E-state index in [1.54, 1.807) is 37.2 Å². The zero-order valence-electron chi connectivity index (χ0n) is 73.0. The van der Waals surface area contributed by atoms with E-state index in [0.29, 0.717) is 52.4 Å². The molecular weight excluding hydrogens is 2190 g/mol. The smallest absolute Gasteiger partial charge is 0.574 e. The maximum atomic E-state index is 13.0. The van der Waals surface area contributed by atoms with E-state index in [9.17, 15) is 39.5 Å². The van der Waals surface area contributed by atoms with Gasteiger partial charge in [-0.3, -0.25) is 35.0 Å². The van der Waals surface area contributed by atoms with Gasteiger partial charge >= 0.3 is 81.7 Å². The minimum absolute atomic E-state index is 0. The molecule has 31 heteroatoms. The normalized spacial score (nSPS) is 11.6. The summed E-state index contributed by atoms with van der Waals surface area (Å²) < 4.78 is 116. The molecular formula is C97H92F9N19Pt3. The maximum absolute atomic E-state index is 13.0. The standard InChI is InChI=1S/2C25H23F3N3.C17H15F3N3.C12H15N4.2C9H8N3.3Pt/c1-14(2)16-10-7-11-17(15(3)4)23(16)20-13-29-24(19-9-6-5-8-18(19)20)21-12-22(31-30-21)25(26,27)28;1-14(2)18-6-5-7-19(15(3)4)23(18)17-8-9-20-16(12-17)10-11-29-24(20)21-13-22(31-30-21)25(26,27)28;1-16(2,3)11-4-5-12-10(8-11)6-7-21-15(12)13-9-14(23-22-13)17(18,19)20;1-8-14-11(16-15-8)10-7-9(5-6-13-10)12(2,3)4;2*1-7-6-9(12-11-7)8-4-2-3-5-10-8;;;/h2*5-15H,1-4H3;4-9H,1-3H3;5-7H,1-4H3;2*2-6H,1H3;;;/q6*-1;3*+2. The van der Waals surface area contributed by atoms with Gasteiger partial charge in [-0.15, -0.1) is 0 Å². The number of fused-ring (bicyclic) bond motifs is 3. The molecule has 0 spiro atoms. The van der Waals surface area contributed by atoms with E-state index >= 15 is 0 Å². The number of nitrogens with zero attached hydrogens (tertiary/aromatic N) is 19. The Morgan fingerprint density at radius 2 is 0.695 bits per heavy atom. The van der Waals surface area contributed by atoms with Crippen LogP contribution in [0.2, 0.25) is 0 Å². The molecule has 17 aromatic rings. The van der Waals surface area contributed by atoms with E-state index in [1.165, 1.54) is 33.4 Å². The van der Waals surface area contributed by atoms with Crippen LogP contribution in [-0.2, 0) is 92.6 Å². The average Bonchev–Trinajstić information content (AvgIpc) is 1.01. The summed E-state index contributed by atoms with van der Waals surface area (Å²) in [5.41, 5.74) is 16.5. The molecule has 0 amide bonds. The van der Waals surface area contributed by atoms with Crippen molar-refractivity contribution in [3.63, 3.8) is 0 Å². The van der Waals surface area contributed by atoms with E-state index in [-0.39, 0.29) is 91.1 Å². The number of aromatic nitrogens is 19. The van der Waals surface area contributed by atoms with Crippen LogP contribution in [-0.4, -0.2) is 65.5 Å². The third-order valence-corrected chi connectivity index (χ3v) is 20.3. The van der Waals surface area contributed by atoms with Crippen molar-refractivity contribution in [3.05, 3.63) is 293 Å². The number of pyridine rings is 6. The Balaban J connectivity index is 0.000000179. The first-order valence-corrected chi connectivity index (χ1v) is 40.4. The third kappa shape index (κ3) is 24.6. The second kappa shape index (κ2) is 42.6. The molecule has 0 atom stereocenters. The summed E-state index contributed by atoms with van der Waals surface area (Å²) in [4.78, 5) is 29.9. The Morgan fingerprint density at radius 1 is 0.305 bits per heavy atom. The Morgan fingerprint density at radius 3 is 1.09 bits per heavy atom. The number of alkyl halides is 9. The van der Waals surface area contributed by atoms with Gasteiger partial charge in [0.25, 0.3) is 0 Å². The molecule has 0 aliphatic rings. The van der Waals surface area contributed by atoms with Crippen LogP contribution in [0, 0.1) is 20.8 Å². The van der Waals surface area contributed by atoms with Crippen LogP contribution >= 0.6 is 0 Å². The van der Waals surface area contributed by atoms with Crippen molar-refractivity contribution in [2.75, 3.05) is 0 Å². The molecule has 0 N–H and O–H groups in total. The van der Waals surface area contributed by atoms with Crippen molar-refractivity contribution < 1.29 is 103 Å². The van der Waals surface area contributed by atoms with Crippen LogP contribution in [0.1, 0.15) is 188 Å². The van der Waals surface area contributed by atoms with Crippen molar-refractivity contribution in [1.29, 1.82) is 0 Å². The van der Waals surface area contributed by atoms with E-state index in [4.69, 9.17) is 0 Å². The predicted octanol–water partition coefficient (Wildman–Crippen LogP) is 23.9. The summed E-state index contributed by atoms with van der Waals surface area (Å²) in [6.45, 7) is 35.8. The second-order valence-corrected chi connectivity index (χ2v) is 33.1. The van der Waals surface area contributed by atoms with Gasteiger partial charge in [-0.1, -0.05) is 241 Å². The Labute approximate surface area is 779 Å². The zero-order chi connectivity index (χ0) is 90.0. The second-order valence-electron chi connectivity index (χ2n) is 33.1. The fraction of sp³-hybridized carbons (Fsp3) is 0.268. The van der Waals surface area contributed by atoms with Crippen molar-refractivity contribution >= 4 is 32.3 Å². The molecule has 0 aliphatic carbocycles. The molecule has 0 fully saturated rings. The van der Waals surface area contributed by atoms with Crippen LogP contribution in [0.3, 0.4) is 0 Å². The van der Waals surface area contributed by atoms with Gasteiger partial charge in [0.2, 0.25) is 0 Å². The molecule has 0 radical (unpaired) electrons. The van der Waals surface area contributed by atoms with Gasteiger partial charge in [-0.2, -0.15) is 39.5 Å². The number of hydrogen-bond acceptors (Lipinski definition) is 13. The van der Waals surface area contributed by atoms with Crippen molar-refractivity contribution in [2.24, 2.45) is 0 Å². The fourth-order valence-electron chi connectivity index (χ4n) is 13.9. The molecule has 12 aromatic heterocycles. The molecule has 0 unspecified atom stereocenters. The van der Waals surface area contributed by atoms with Gasteiger partial charge in [0.1, 0.15) is 17.1 Å². The van der Waals surface area contributed by atoms with Crippen molar-refractivity contribution in [3.8, 4) is 90.7 Å². The molecule has 19 nitrogen and oxygen atoms in total. The minimum atomic E-state index is -4.54. The number of halogens is 9. The topological polar surface area (TPSA) is 252 Å². The maximum Gasteiger partial charge on any atom is 2.00 e. The number of benzene rings is 5. The van der Waals surface area contributed by atoms with Gasteiger partial charge in [0.05, 0.1) is 22.8 Å². The first-order valence-electron chi connectivity index (χ1n) is 40.4. The van der Waals surface area contributed by atoms with E-state index in [0.717, 1.165) is 113 Å². The Kier molecular flexibility index (Phi) is 33.3. The van der Waals surface area contributed by atoms with E-state index < -0.39 is 35.6 Å². The monoisotopic (exact) mass is 2280 g/mol. The molecule has 128 heavy (non-hydrogen) atoms. The van der Waals surface area contributed by atoms with E-state index in [2.05, 4.69) is 235 Å². The SMILES string of the molecule is CC(C)(C)c1ccc2c(-c3cc(C(F)(F)F)n[n-]3)nccc2c1.CC(C)c1cccc(C(C)C)c1-c1ccc2c(-c3cc(C(F)(F)F)n[n-]3)nccc2c1.CC(C)c1cccc(C(C)C)c1-c1cnc(-c2cc(C(F)(F)F)n[n-]2)c2ccccc12.Cc1cc(-c2ccccn2)[n-]n1.Cc1cc(-c2ccccn2)[n-]n1.Cc1n[n-]c(-c2cc(C(C)(C)C)ccn2)n1.[Pt+2].[Pt+2].[Pt+2]. The fourth-order valence-corrected chi connectivity index (χ4v) is 13.9. The number of aryl methyl sites for hydroxylation is 3. The molecule has 0 saturated carbocycles. The largest absolute Gasteiger partial charge is 2.00 e. The average molecular weight is 2280 g/mol. The molecule has 17 rings (SSSR count). The molecule has 5 aromatic carbocycles. The predicted molar refractivity (Wildman–Crippen MR) is 469 cm³/mol. The van der Waals surface area contributed by atoms with Crippen LogP contribution in [0.4, 0.5) is 39.5 Å². The van der Waals surface area contributed by atoms with Crippen LogP contribution < -0.4 is 30.6 Å². The summed E-state index contributed by atoms with van der Waals surface area (Å²) in [5, 5.41) is 49.6. The van der Waals surface area contributed by atoms with Gasteiger partial charge < -0.3 is 61.1 Å². The summed E-state index contributed by atoms with van der Waals surface area (Å²) >= 11 is 0. The van der Waals surface area contributed by atoms with Crippen molar-refractivity contribution in [2.45, 2.75) is 171 Å². The Bertz CT molecular complexity index is 6380. The summed E-state index contributed by atoms with van der Waals surface area (Å²) in [5.74, 6) is 2.61. The molecule has 0 aliphatic heterocycles. The summed E-state index contributed by atoms with van der Waals surface area (Å²) in [6.07, 6.45) is -3.35. The first-order chi connectivity index (χ1) is 59.2. The molecule has 12 heterocycles. The zero-order valence-corrected chi connectivity index (χ0v) is 79.8. The van der Waals surface area contributed by atoms with Crippen LogP contribution in [0.5, 0.6) is 0 Å². The quantitative estimate of drug-likeness (QED) is 0.103. The molecule has 0 bridgehead atoms.